The van der Waals surface area contributed by atoms with Gasteiger partial charge in [0.2, 0.25) is 0 Å². The van der Waals surface area contributed by atoms with Gasteiger partial charge in [0.05, 0.1) is 6.04 Å². The Balaban J connectivity index is 2.25. The molecule has 1 N–H and O–H groups in total. The molecule has 0 radical (unpaired) electrons. The topological polar surface area (TPSA) is 12.0 Å². The average Bonchev–Trinajstić information content (AvgIpc) is 2.70. The van der Waals surface area contributed by atoms with Crippen molar-refractivity contribution in [1.29, 1.82) is 0 Å². The summed E-state index contributed by atoms with van der Waals surface area (Å²) in [6, 6.07) is 5.58. The van der Waals surface area contributed by atoms with Crippen LogP contribution in [0.15, 0.2) is 34.1 Å². The zero-order chi connectivity index (χ0) is 12.4. The monoisotopic (exact) mass is 317 g/mol. The highest BCUT2D eigenvalue weighted by molar-refractivity contribution is 9.10. The van der Waals surface area contributed by atoms with Crippen LogP contribution in [-0.2, 0) is 0 Å². The maximum Gasteiger partial charge on any atom is 0.149 e. The summed E-state index contributed by atoms with van der Waals surface area (Å²) in [6.07, 6.45) is 0. The van der Waals surface area contributed by atoms with Gasteiger partial charge in [0, 0.05) is 9.35 Å². The van der Waals surface area contributed by atoms with Crippen molar-refractivity contribution >= 4 is 33.0 Å². The van der Waals surface area contributed by atoms with E-state index in [1.807, 2.05) is 18.4 Å². The number of benzene rings is 1. The molecule has 2 rings (SSSR count). The summed E-state index contributed by atoms with van der Waals surface area (Å²) in [5, 5.41) is 4.78. The van der Waals surface area contributed by atoms with Gasteiger partial charge < -0.3 is 5.32 Å². The first-order chi connectivity index (χ1) is 8.09. The summed E-state index contributed by atoms with van der Waals surface area (Å²) < 4.78 is 27.8. The summed E-state index contributed by atoms with van der Waals surface area (Å²) in [5.41, 5.74) is -0.0831. The van der Waals surface area contributed by atoms with Crippen LogP contribution < -0.4 is 5.32 Å². The molecule has 90 valence electrons. The van der Waals surface area contributed by atoms with Crippen LogP contribution in [0.4, 0.5) is 14.5 Å². The minimum Gasteiger partial charge on any atom is -0.373 e. The molecule has 0 spiro atoms. The summed E-state index contributed by atoms with van der Waals surface area (Å²) in [6.45, 7) is 1.86. The van der Waals surface area contributed by atoms with Crippen molar-refractivity contribution in [2.45, 2.75) is 13.0 Å². The molecule has 0 amide bonds. The summed E-state index contributed by atoms with van der Waals surface area (Å²) >= 11 is 4.93. The normalized spacial score (nSPS) is 12.5. The van der Waals surface area contributed by atoms with Crippen LogP contribution in [0.1, 0.15) is 17.8 Å². The Morgan fingerprint density at radius 3 is 2.41 bits per heavy atom. The summed E-state index contributed by atoms with van der Waals surface area (Å²) in [4.78, 5) is 1.01. The summed E-state index contributed by atoms with van der Waals surface area (Å²) in [5.74, 6) is -1.16. The van der Waals surface area contributed by atoms with Gasteiger partial charge in [-0.1, -0.05) is 6.07 Å². The first kappa shape index (κ1) is 12.5. The predicted molar refractivity (Wildman–Crippen MR) is 70.4 cm³/mol. The van der Waals surface area contributed by atoms with Crippen LogP contribution >= 0.6 is 27.3 Å². The van der Waals surface area contributed by atoms with Crippen molar-refractivity contribution in [3.05, 3.63) is 50.6 Å². The molecule has 0 saturated heterocycles. The van der Waals surface area contributed by atoms with Crippen molar-refractivity contribution in [1.82, 2.24) is 0 Å². The molecule has 1 nitrogen and oxygen atoms in total. The second kappa shape index (κ2) is 5.14. The molecule has 0 aliphatic heterocycles. The van der Waals surface area contributed by atoms with Gasteiger partial charge in [-0.3, -0.25) is 0 Å². The third kappa shape index (κ3) is 2.66. The van der Waals surface area contributed by atoms with E-state index in [9.17, 15) is 8.78 Å². The van der Waals surface area contributed by atoms with E-state index in [2.05, 4.69) is 21.2 Å². The van der Waals surface area contributed by atoms with Crippen LogP contribution in [0.3, 0.4) is 0 Å². The molecule has 2 aromatic rings. The predicted octanol–water partition coefficient (Wildman–Crippen LogP) is 4.96. The van der Waals surface area contributed by atoms with Gasteiger partial charge in [-0.15, -0.1) is 11.3 Å². The number of hydrogen-bond acceptors (Lipinski definition) is 2. The zero-order valence-electron chi connectivity index (χ0n) is 9.01. The smallest absolute Gasteiger partial charge is 0.149 e. The van der Waals surface area contributed by atoms with Gasteiger partial charge in [0.1, 0.15) is 17.3 Å². The number of nitrogens with one attached hydrogen (secondary N) is 1. The lowest BCUT2D eigenvalue weighted by Gasteiger charge is -2.15. The second-order valence-corrected chi connectivity index (χ2v) is 5.40. The summed E-state index contributed by atoms with van der Waals surface area (Å²) in [7, 11) is 0. The molecule has 0 saturated carbocycles. The molecule has 1 unspecified atom stereocenters. The van der Waals surface area contributed by atoms with Gasteiger partial charge in [0.15, 0.2) is 0 Å². The van der Waals surface area contributed by atoms with E-state index in [4.69, 9.17) is 0 Å². The Kier molecular flexibility index (Phi) is 3.79. The van der Waals surface area contributed by atoms with Crippen LogP contribution in [0.5, 0.6) is 0 Å². The zero-order valence-corrected chi connectivity index (χ0v) is 11.4. The molecular formula is C12H10BrF2NS. The number of rotatable bonds is 3. The van der Waals surface area contributed by atoms with Gasteiger partial charge in [-0.25, -0.2) is 8.78 Å². The first-order valence-electron chi connectivity index (χ1n) is 5.03. The van der Waals surface area contributed by atoms with Crippen molar-refractivity contribution in [3.8, 4) is 0 Å². The lowest BCUT2D eigenvalue weighted by molar-refractivity contribution is 0.585. The van der Waals surface area contributed by atoms with Crippen LogP contribution in [0.25, 0.3) is 0 Å². The van der Waals surface area contributed by atoms with Gasteiger partial charge >= 0.3 is 0 Å². The average molecular weight is 318 g/mol. The Labute approximate surface area is 111 Å². The molecular weight excluding hydrogens is 308 g/mol. The lowest BCUT2D eigenvalue weighted by atomic mass is 10.2. The van der Waals surface area contributed by atoms with Gasteiger partial charge in [0.25, 0.3) is 0 Å². The van der Waals surface area contributed by atoms with E-state index in [1.54, 1.807) is 0 Å². The number of halogens is 3. The van der Waals surface area contributed by atoms with Crippen LogP contribution in [-0.4, -0.2) is 0 Å². The minimum absolute atomic E-state index is 0.0831. The van der Waals surface area contributed by atoms with E-state index in [0.29, 0.717) is 0 Å². The largest absolute Gasteiger partial charge is 0.373 e. The molecule has 5 heteroatoms. The standard InChI is InChI=1S/C12H10BrF2NS/c1-7(12-8(13)5-6-17-12)16-11-9(14)3-2-4-10(11)15/h2-7,16H,1H3. The third-order valence-corrected chi connectivity index (χ3v) is 4.42. The molecule has 1 atom stereocenters. The molecule has 0 fully saturated rings. The number of para-hydroxylation sites is 1. The van der Waals surface area contributed by atoms with E-state index in [0.717, 1.165) is 9.35 Å². The fourth-order valence-electron chi connectivity index (χ4n) is 1.53. The molecule has 1 aromatic heterocycles. The fourth-order valence-corrected chi connectivity index (χ4v) is 3.26. The fraction of sp³-hybridized carbons (Fsp3) is 0.167. The van der Waals surface area contributed by atoms with Crippen molar-refractivity contribution in [2.24, 2.45) is 0 Å². The van der Waals surface area contributed by atoms with E-state index in [-0.39, 0.29) is 11.7 Å². The third-order valence-electron chi connectivity index (χ3n) is 2.36. The highest BCUT2D eigenvalue weighted by atomic mass is 79.9. The maximum absolute atomic E-state index is 13.4. The van der Waals surface area contributed by atoms with Gasteiger partial charge in [-0.05, 0) is 46.4 Å². The number of thiophene rings is 1. The van der Waals surface area contributed by atoms with E-state index in [1.165, 1.54) is 29.5 Å². The molecule has 0 bridgehead atoms. The highest BCUT2D eigenvalue weighted by Crippen LogP contribution is 2.32. The SMILES string of the molecule is CC(Nc1c(F)cccc1F)c1sccc1Br. The Morgan fingerprint density at radius 2 is 1.88 bits per heavy atom. The second-order valence-electron chi connectivity index (χ2n) is 3.60. The van der Waals surface area contributed by atoms with E-state index < -0.39 is 11.6 Å². The quantitative estimate of drug-likeness (QED) is 0.843. The Bertz CT molecular complexity index is 507. The number of hydrogen-bond donors (Lipinski definition) is 1. The number of anilines is 1. The Morgan fingerprint density at radius 1 is 1.24 bits per heavy atom. The minimum atomic E-state index is -0.579. The van der Waals surface area contributed by atoms with Crippen molar-refractivity contribution in [2.75, 3.05) is 5.32 Å². The van der Waals surface area contributed by atoms with Crippen LogP contribution in [0.2, 0.25) is 0 Å². The molecule has 17 heavy (non-hydrogen) atoms. The van der Waals surface area contributed by atoms with Crippen molar-refractivity contribution < 1.29 is 8.78 Å². The lowest BCUT2D eigenvalue weighted by Crippen LogP contribution is -2.08. The molecule has 0 aliphatic rings. The molecule has 1 aromatic carbocycles. The van der Waals surface area contributed by atoms with Crippen molar-refractivity contribution in [3.63, 3.8) is 0 Å². The van der Waals surface area contributed by atoms with E-state index >= 15 is 0 Å². The molecule has 0 aliphatic carbocycles. The highest BCUT2D eigenvalue weighted by Gasteiger charge is 2.15. The van der Waals surface area contributed by atoms with Gasteiger partial charge in [-0.2, -0.15) is 0 Å². The van der Waals surface area contributed by atoms with Crippen LogP contribution in [0, 0.1) is 11.6 Å². The maximum atomic E-state index is 13.4. The first-order valence-corrected chi connectivity index (χ1v) is 6.70. The Hall–Kier alpha value is -0.940. The molecule has 1 heterocycles.